The normalized spacial score (nSPS) is 10.2. The topological polar surface area (TPSA) is 137 Å². The minimum atomic E-state index is -4.22. The predicted molar refractivity (Wildman–Crippen MR) is 167 cm³/mol. The van der Waals surface area contributed by atoms with E-state index in [4.69, 9.17) is 0 Å². The van der Waals surface area contributed by atoms with Crippen molar-refractivity contribution in [1.29, 1.82) is 0 Å². The van der Waals surface area contributed by atoms with Crippen molar-refractivity contribution in [3.8, 4) is 0 Å². The first-order valence-corrected chi connectivity index (χ1v) is 14.9. The summed E-state index contributed by atoms with van der Waals surface area (Å²) in [5, 5.41) is 10.1. The molecule has 9 nitrogen and oxygen atoms in total. The van der Waals surface area contributed by atoms with Crippen LogP contribution in [0.25, 0.3) is 11.0 Å². The Bertz CT molecular complexity index is 1400. The number of aromatic amines is 1. The summed E-state index contributed by atoms with van der Waals surface area (Å²) in [5.74, 6) is -0.503. The van der Waals surface area contributed by atoms with E-state index in [0.717, 1.165) is 23.1 Å². The summed E-state index contributed by atoms with van der Waals surface area (Å²) in [4.78, 5) is 26.0. The maximum atomic E-state index is 12.1. The Morgan fingerprint density at radius 3 is 2.00 bits per heavy atom. The number of halogens is 3. The van der Waals surface area contributed by atoms with Gasteiger partial charge in [-0.05, 0) is 47.8 Å². The van der Waals surface area contributed by atoms with Gasteiger partial charge in [0.15, 0.2) is 5.65 Å². The predicted octanol–water partition coefficient (Wildman–Crippen LogP) is 7.40. The first-order chi connectivity index (χ1) is 20.9. The van der Waals surface area contributed by atoms with E-state index in [1.54, 1.807) is 37.4 Å². The van der Waals surface area contributed by atoms with Crippen molar-refractivity contribution in [2.45, 2.75) is 73.0 Å². The SMILES string of the molecule is CC.CC.CC.COC(C)=O.Cc1cccc(C(F)(F)F)c1.O=C(NCc1ccc(S(=O)[O-])cc1)c1cnc2[nH]ncc2c1. The second-order valence-electron chi connectivity index (χ2n) is 7.66. The van der Waals surface area contributed by atoms with Crippen LogP contribution in [0.5, 0.6) is 0 Å². The van der Waals surface area contributed by atoms with Crippen molar-refractivity contribution < 1.29 is 36.3 Å². The number of hydrogen-bond acceptors (Lipinski definition) is 7. The standard InChI is InChI=1S/C14H12N4O3S.C8H7F3.C3H6O2.3C2H6/c19-14(11-5-10-8-17-18-13(10)15-7-11)16-6-9-1-3-12(4-2-9)22(20)21;1-6-3-2-4-7(5-6)8(9,10)11;1-3(4)5-2;3*1-2/h1-5,7-8H,6H2,(H,16,19)(H,20,21)(H,15,17,18);2-5H,1H3;1-2H3;3*1-2H3/p-1. The van der Waals surface area contributed by atoms with Gasteiger partial charge in [-0.15, -0.1) is 0 Å². The van der Waals surface area contributed by atoms with E-state index in [-0.39, 0.29) is 16.8 Å². The Kier molecular flexibility index (Phi) is 22.3. The summed E-state index contributed by atoms with van der Waals surface area (Å²) in [5.41, 5.74) is 1.90. The van der Waals surface area contributed by atoms with Crippen molar-refractivity contribution in [2.75, 3.05) is 7.11 Å². The molecule has 2 N–H and O–H groups in total. The Labute approximate surface area is 259 Å². The highest BCUT2D eigenvalue weighted by Crippen LogP contribution is 2.29. The third-order valence-electron chi connectivity index (χ3n) is 4.76. The van der Waals surface area contributed by atoms with Gasteiger partial charge in [0.25, 0.3) is 5.91 Å². The number of carbonyl (C=O) groups is 2. The van der Waals surface area contributed by atoms with Gasteiger partial charge in [-0.2, -0.15) is 18.3 Å². The average Bonchev–Trinajstić information content (AvgIpc) is 3.51. The number of aryl methyl sites for hydroxylation is 1. The second-order valence-corrected chi connectivity index (χ2v) is 8.60. The molecule has 13 heteroatoms. The number of methoxy groups -OCH3 is 1. The Balaban J connectivity index is 0. The Morgan fingerprint density at radius 2 is 1.55 bits per heavy atom. The van der Waals surface area contributed by atoms with Gasteiger partial charge < -0.3 is 14.6 Å². The fraction of sp³-hybridized carbons (Fsp3) is 0.355. The molecule has 244 valence electrons. The largest absolute Gasteiger partial charge is 0.768 e. The maximum absolute atomic E-state index is 12.1. The van der Waals surface area contributed by atoms with Crippen LogP contribution in [0.2, 0.25) is 0 Å². The molecule has 0 aliphatic rings. The number of rotatable bonds is 4. The van der Waals surface area contributed by atoms with Gasteiger partial charge in [-0.1, -0.05) is 77.4 Å². The Hall–Kier alpha value is -4.10. The van der Waals surface area contributed by atoms with E-state index in [9.17, 15) is 31.5 Å². The minimum Gasteiger partial charge on any atom is -0.768 e. The average molecular weight is 640 g/mol. The van der Waals surface area contributed by atoms with Crippen LogP contribution in [0, 0.1) is 6.92 Å². The number of alkyl halides is 3. The zero-order valence-electron chi connectivity index (χ0n) is 26.5. The molecule has 4 aromatic rings. The summed E-state index contributed by atoms with van der Waals surface area (Å²) in [6, 6.07) is 13.2. The Morgan fingerprint density at radius 1 is 0.977 bits per heavy atom. The highest BCUT2D eigenvalue weighted by molar-refractivity contribution is 7.79. The first kappa shape index (κ1) is 42.0. The van der Waals surface area contributed by atoms with Crippen LogP contribution >= 0.6 is 0 Å². The molecule has 0 aliphatic carbocycles. The lowest BCUT2D eigenvalue weighted by molar-refractivity contribution is -0.138. The van der Waals surface area contributed by atoms with Gasteiger partial charge in [0.2, 0.25) is 0 Å². The summed E-state index contributed by atoms with van der Waals surface area (Å²) in [7, 11) is 1.35. The van der Waals surface area contributed by atoms with Gasteiger partial charge in [-0.3, -0.25) is 18.9 Å². The molecule has 0 saturated heterocycles. The van der Waals surface area contributed by atoms with Crippen LogP contribution in [0.3, 0.4) is 0 Å². The van der Waals surface area contributed by atoms with Gasteiger partial charge in [0.1, 0.15) is 0 Å². The molecule has 1 unspecified atom stereocenters. The summed E-state index contributed by atoms with van der Waals surface area (Å²) in [6.45, 7) is 15.3. The number of hydrogen-bond donors (Lipinski definition) is 2. The smallest absolute Gasteiger partial charge is 0.416 e. The molecule has 0 aliphatic heterocycles. The number of H-pyrrole nitrogens is 1. The van der Waals surface area contributed by atoms with Gasteiger partial charge in [0, 0.05) is 29.9 Å². The van der Waals surface area contributed by atoms with Crippen molar-refractivity contribution in [2.24, 2.45) is 0 Å². The second kappa shape index (κ2) is 23.4. The zero-order valence-corrected chi connectivity index (χ0v) is 27.4. The summed E-state index contributed by atoms with van der Waals surface area (Å²) in [6.07, 6.45) is -1.15. The van der Waals surface area contributed by atoms with E-state index in [2.05, 4.69) is 25.2 Å². The first-order valence-electron chi connectivity index (χ1n) is 13.8. The van der Waals surface area contributed by atoms with Gasteiger partial charge in [-0.25, -0.2) is 4.98 Å². The fourth-order valence-electron chi connectivity index (χ4n) is 2.78. The molecule has 0 fully saturated rings. The van der Waals surface area contributed by atoms with Crippen LogP contribution in [0.4, 0.5) is 13.2 Å². The molecule has 0 saturated carbocycles. The molecule has 0 radical (unpaired) electrons. The van der Waals surface area contributed by atoms with E-state index in [0.29, 0.717) is 23.3 Å². The molecule has 4 rings (SSSR count). The molecule has 0 spiro atoms. The molecule has 0 bridgehead atoms. The highest BCUT2D eigenvalue weighted by Gasteiger charge is 2.29. The number of benzene rings is 2. The van der Waals surface area contributed by atoms with E-state index in [1.807, 2.05) is 41.5 Å². The van der Waals surface area contributed by atoms with E-state index >= 15 is 0 Å². The number of carbonyl (C=O) groups excluding carboxylic acids is 2. The highest BCUT2D eigenvalue weighted by atomic mass is 32.2. The molecule has 1 amide bonds. The number of fused-ring (bicyclic) bond motifs is 1. The lowest BCUT2D eigenvalue weighted by atomic mass is 10.1. The zero-order chi connectivity index (χ0) is 34.3. The van der Waals surface area contributed by atoms with Crippen LogP contribution in [-0.4, -0.2) is 42.9 Å². The summed E-state index contributed by atoms with van der Waals surface area (Å²) < 4.78 is 61.5. The number of amides is 1. The van der Waals surface area contributed by atoms with Crippen molar-refractivity contribution >= 4 is 34.0 Å². The molecule has 44 heavy (non-hydrogen) atoms. The number of ether oxygens (including phenoxy) is 1. The lowest BCUT2D eigenvalue weighted by Gasteiger charge is -2.08. The third kappa shape index (κ3) is 16.5. The van der Waals surface area contributed by atoms with E-state index < -0.39 is 22.8 Å². The van der Waals surface area contributed by atoms with Crippen molar-refractivity contribution in [3.63, 3.8) is 0 Å². The van der Waals surface area contributed by atoms with Crippen LogP contribution in [-0.2, 0) is 33.3 Å². The molecule has 2 aromatic heterocycles. The molecule has 2 aromatic carbocycles. The van der Waals surface area contributed by atoms with Crippen LogP contribution in [0.15, 0.2) is 71.9 Å². The number of aromatic nitrogens is 3. The van der Waals surface area contributed by atoms with Gasteiger partial charge >= 0.3 is 12.1 Å². The quantitative estimate of drug-likeness (QED) is 0.175. The third-order valence-corrected chi connectivity index (χ3v) is 5.41. The van der Waals surface area contributed by atoms with Crippen molar-refractivity contribution in [1.82, 2.24) is 20.5 Å². The molecular weight excluding hydrogens is 597 g/mol. The number of nitrogens with zero attached hydrogens (tertiary/aromatic N) is 2. The van der Waals surface area contributed by atoms with Crippen LogP contribution < -0.4 is 5.32 Å². The summed E-state index contributed by atoms with van der Waals surface area (Å²) >= 11 is -2.24. The van der Waals surface area contributed by atoms with Crippen LogP contribution in [0.1, 0.15) is 75.5 Å². The van der Waals surface area contributed by atoms with Crippen molar-refractivity contribution in [3.05, 3.63) is 89.2 Å². The monoisotopic (exact) mass is 639 g/mol. The maximum Gasteiger partial charge on any atom is 0.416 e. The minimum absolute atomic E-state index is 0.213. The lowest BCUT2D eigenvalue weighted by Crippen LogP contribution is -2.22. The number of pyridine rings is 1. The molecular formula is C31H42F3N4O5S-. The molecule has 1 atom stereocenters. The molecule has 2 heterocycles. The fourth-order valence-corrected chi connectivity index (χ4v) is 3.14. The van der Waals surface area contributed by atoms with E-state index in [1.165, 1.54) is 38.4 Å². The number of nitrogens with one attached hydrogen (secondary N) is 2. The van der Waals surface area contributed by atoms with Gasteiger partial charge in [0.05, 0.1) is 24.4 Å². The number of esters is 1.